The number of rotatable bonds is 5. The van der Waals surface area contributed by atoms with Gasteiger partial charge >= 0.3 is 13.1 Å². The van der Waals surface area contributed by atoms with Gasteiger partial charge in [-0.15, -0.1) is 0 Å². The summed E-state index contributed by atoms with van der Waals surface area (Å²) >= 11 is 0. The molecular formula is C16H19BN2O6. The molecule has 3 heterocycles. The van der Waals surface area contributed by atoms with Crippen molar-refractivity contribution >= 4 is 29.6 Å². The average molecular weight is 346 g/mol. The van der Waals surface area contributed by atoms with Crippen molar-refractivity contribution in [1.29, 1.82) is 0 Å². The highest BCUT2D eigenvalue weighted by atomic mass is 16.5. The highest BCUT2D eigenvalue weighted by Crippen LogP contribution is 2.17. The number of esters is 1. The number of ether oxygens (including phenoxy) is 2. The van der Waals surface area contributed by atoms with Crippen LogP contribution >= 0.6 is 0 Å². The molecule has 2 aromatic heterocycles. The molecule has 1 atom stereocenters. The number of pyridine rings is 2. The summed E-state index contributed by atoms with van der Waals surface area (Å²) in [5, 5.41) is 18.8. The third-order valence-electron chi connectivity index (χ3n) is 4.15. The lowest BCUT2D eigenvalue weighted by molar-refractivity contribution is 0.0523. The molecule has 1 saturated heterocycles. The first-order valence-electron chi connectivity index (χ1n) is 8.19. The molecule has 8 nitrogen and oxygen atoms in total. The topological polar surface area (TPSA) is 111 Å². The fraction of sp³-hybridized carbons (Fsp3) is 0.438. The Labute approximate surface area is 144 Å². The van der Waals surface area contributed by atoms with Crippen LogP contribution in [-0.2, 0) is 16.0 Å². The van der Waals surface area contributed by atoms with Crippen molar-refractivity contribution in [2.24, 2.45) is 0 Å². The number of carbonyl (C=O) groups is 1. The van der Waals surface area contributed by atoms with E-state index in [0.717, 1.165) is 12.8 Å². The van der Waals surface area contributed by atoms with Crippen LogP contribution in [0.4, 0.5) is 0 Å². The molecule has 2 aromatic rings. The van der Waals surface area contributed by atoms with Gasteiger partial charge in [-0.1, -0.05) is 0 Å². The van der Waals surface area contributed by atoms with Crippen LogP contribution < -0.4 is 10.9 Å². The van der Waals surface area contributed by atoms with Crippen molar-refractivity contribution in [2.75, 3.05) is 13.2 Å². The summed E-state index contributed by atoms with van der Waals surface area (Å²) in [6.45, 7) is 2.93. The molecular weight excluding hydrogens is 327 g/mol. The minimum absolute atomic E-state index is 0.0225. The summed E-state index contributed by atoms with van der Waals surface area (Å²) in [6.07, 6.45) is 4.55. The predicted molar refractivity (Wildman–Crippen MR) is 90.8 cm³/mol. The molecule has 0 amide bonds. The lowest BCUT2D eigenvalue weighted by atomic mass is 9.81. The van der Waals surface area contributed by atoms with E-state index in [0.29, 0.717) is 18.8 Å². The summed E-state index contributed by atoms with van der Waals surface area (Å²) in [5.41, 5.74) is -0.224. The number of hydrogen-bond acceptors (Lipinski definition) is 7. The monoisotopic (exact) mass is 346 g/mol. The van der Waals surface area contributed by atoms with Gasteiger partial charge in [0, 0.05) is 24.5 Å². The molecule has 1 aliphatic rings. The van der Waals surface area contributed by atoms with E-state index in [4.69, 9.17) is 9.47 Å². The van der Waals surface area contributed by atoms with E-state index in [1.165, 1.54) is 18.5 Å². The molecule has 0 bridgehead atoms. The van der Waals surface area contributed by atoms with Crippen molar-refractivity contribution in [1.82, 2.24) is 9.55 Å². The van der Waals surface area contributed by atoms with E-state index in [2.05, 4.69) is 4.98 Å². The Hall–Kier alpha value is -2.23. The zero-order valence-electron chi connectivity index (χ0n) is 13.8. The summed E-state index contributed by atoms with van der Waals surface area (Å²) in [7, 11) is -1.76. The Morgan fingerprint density at radius 1 is 1.52 bits per heavy atom. The van der Waals surface area contributed by atoms with Crippen LogP contribution in [0.3, 0.4) is 0 Å². The first kappa shape index (κ1) is 17.6. The second-order valence-electron chi connectivity index (χ2n) is 5.89. The van der Waals surface area contributed by atoms with Crippen LogP contribution in [0.5, 0.6) is 0 Å². The van der Waals surface area contributed by atoms with E-state index in [1.807, 2.05) is 0 Å². The van der Waals surface area contributed by atoms with E-state index < -0.39 is 18.5 Å². The number of nitrogens with zero attached hydrogens (tertiary/aromatic N) is 2. The van der Waals surface area contributed by atoms with Gasteiger partial charge in [0.15, 0.2) is 0 Å². The molecule has 0 saturated carbocycles. The summed E-state index contributed by atoms with van der Waals surface area (Å²) in [6, 6.07) is 1.34. The Balaban J connectivity index is 2.16. The fourth-order valence-corrected chi connectivity index (χ4v) is 2.93. The Morgan fingerprint density at radius 3 is 2.96 bits per heavy atom. The predicted octanol–water partition coefficient (Wildman–Crippen LogP) is -0.568. The van der Waals surface area contributed by atoms with E-state index in [-0.39, 0.29) is 29.1 Å². The molecule has 0 aliphatic carbocycles. The molecule has 132 valence electrons. The third-order valence-corrected chi connectivity index (χ3v) is 4.15. The van der Waals surface area contributed by atoms with Crippen LogP contribution in [0.15, 0.2) is 23.3 Å². The lowest BCUT2D eigenvalue weighted by Crippen LogP contribution is -2.32. The van der Waals surface area contributed by atoms with Crippen molar-refractivity contribution in [3.05, 3.63) is 34.2 Å². The van der Waals surface area contributed by atoms with Crippen molar-refractivity contribution in [3.8, 4) is 0 Å². The van der Waals surface area contributed by atoms with Crippen molar-refractivity contribution in [2.45, 2.75) is 32.4 Å². The van der Waals surface area contributed by atoms with Gasteiger partial charge in [0.05, 0.1) is 24.6 Å². The Kier molecular flexibility index (Phi) is 5.17. The highest BCUT2D eigenvalue weighted by Gasteiger charge is 2.22. The van der Waals surface area contributed by atoms with Crippen LogP contribution in [0.25, 0.3) is 11.0 Å². The molecule has 0 radical (unpaired) electrons. The number of hydrogen-bond donors (Lipinski definition) is 2. The normalized spacial score (nSPS) is 17.0. The molecule has 1 unspecified atom stereocenters. The molecule has 0 aromatic carbocycles. The summed E-state index contributed by atoms with van der Waals surface area (Å²) in [4.78, 5) is 29.0. The van der Waals surface area contributed by atoms with Gasteiger partial charge in [0.25, 0.3) is 0 Å². The first-order valence-corrected chi connectivity index (χ1v) is 8.19. The molecule has 2 N–H and O–H groups in total. The van der Waals surface area contributed by atoms with E-state index >= 15 is 0 Å². The number of carbonyl (C=O) groups excluding carboxylic acids is 1. The number of fused-ring (bicyclic) bond motifs is 1. The largest absolute Gasteiger partial charge is 0.490 e. The second kappa shape index (κ2) is 7.34. The maximum atomic E-state index is 12.7. The zero-order chi connectivity index (χ0) is 18.0. The third kappa shape index (κ3) is 3.58. The van der Waals surface area contributed by atoms with Crippen molar-refractivity contribution in [3.63, 3.8) is 0 Å². The molecule has 1 fully saturated rings. The smallest absolute Gasteiger partial charge is 0.462 e. The SMILES string of the molecule is CCOC(=O)c1cn(CC2CCCO2)c2ncc(B(O)O)cc2c1=O. The van der Waals surface area contributed by atoms with Gasteiger partial charge in [-0.3, -0.25) is 4.79 Å². The van der Waals surface area contributed by atoms with Crippen LogP contribution in [0, 0.1) is 0 Å². The summed E-state index contributed by atoms with van der Waals surface area (Å²) < 4.78 is 12.3. The van der Waals surface area contributed by atoms with Gasteiger partial charge in [-0.25, -0.2) is 9.78 Å². The molecule has 25 heavy (non-hydrogen) atoms. The zero-order valence-corrected chi connectivity index (χ0v) is 13.8. The average Bonchev–Trinajstić information content (AvgIpc) is 3.10. The standard InChI is InChI=1S/C16H19BN2O6/c1-2-24-16(21)13-9-19(8-11-4-3-5-25-11)15-12(14(13)20)6-10(7-18-15)17(22)23/h6-7,9,11,22-23H,2-5,8H2,1H3. The van der Waals surface area contributed by atoms with Crippen LogP contribution in [-0.4, -0.2) is 52.0 Å². The van der Waals surface area contributed by atoms with Gasteiger partial charge in [-0.2, -0.15) is 0 Å². The second-order valence-corrected chi connectivity index (χ2v) is 5.89. The minimum atomic E-state index is -1.76. The van der Waals surface area contributed by atoms with Gasteiger partial charge < -0.3 is 24.1 Å². The molecule has 1 aliphatic heterocycles. The van der Waals surface area contributed by atoms with E-state index in [1.54, 1.807) is 11.5 Å². The molecule has 3 rings (SSSR count). The van der Waals surface area contributed by atoms with E-state index in [9.17, 15) is 19.6 Å². The van der Waals surface area contributed by atoms with Crippen LogP contribution in [0.2, 0.25) is 0 Å². The highest BCUT2D eigenvalue weighted by molar-refractivity contribution is 6.58. The fourth-order valence-electron chi connectivity index (χ4n) is 2.93. The summed E-state index contributed by atoms with van der Waals surface area (Å²) in [5.74, 6) is -0.717. The van der Waals surface area contributed by atoms with Gasteiger partial charge in [0.2, 0.25) is 5.43 Å². The maximum absolute atomic E-state index is 12.7. The van der Waals surface area contributed by atoms with Gasteiger partial charge in [0.1, 0.15) is 11.2 Å². The molecule has 9 heteroatoms. The quantitative estimate of drug-likeness (QED) is 0.551. The minimum Gasteiger partial charge on any atom is -0.462 e. The van der Waals surface area contributed by atoms with Gasteiger partial charge in [-0.05, 0) is 25.8 Å². The molecule has 0 spiro atoms. The lowest BCUT2D eigenvalue weighted by Gasteiger charge is -2.16. The van der Waals surface area contributed by atoms with Crippen molar-refractivity contribution < 1.29 is 24.3 Å². The Morgan fingerprint density at radius 2 is 2.32 bits per heavy atom. The number of aromatic nitrogens is 2. The van der Waals surface area contributed by atoms with Crippen LogP contribution in [0.1, 0.15) is 30.1 Å². The first-order chi connectivity index (χ1) is 12.0. The Bertz CT molecular complexity index is 844. The maximum Gasteiger partial charge on any atom is 0.490 e.